The molecular weight excluding hydrogens is 316 g/mol. The van der Waals surface area contributed by atoms with Gasteiger partial charge in [-0.1, -0.05) is 6.07 Å². The van der Waals surface area contributed by atoms with E-state index in [4.69, 9.17) is 4.52 Å². The van der Waals surface area contributed by atoms with Crippen molar-refractivity contribution < 1.29 is 22.1 Å². The zero-order chi connectivity index (χ0) is 16.6. The third-order valence-electron chi connectivity index (χ3n) is 4.05. The van der Waals surface area contributed by atoms with E-state index in [0.717, 1.165) is 18.6 Å². The van der Waals surface area contributed by atoms with Crippen LogP contribution in [0.4, 0.5) is 17.6 Å². The van der Waals surface area contributed by atoms with E-state index in [9.17, 15) is 22.4 Å². The van der Waals surface area contributed by atoms with Crippen LogP contribution in [0.2, 0.25) is 0 Å². The van der Waals surface area contributed by atoms with Crippen LogP contribution in [0.3, 0.4) is 0 Å². The normalized spacial score (nSPS) is 22.3. The molecule has 1 aromatic carbocycles. The molecule has 0 saturated carbocycles. The Bertz CT molecular complexity index is 750. The molecule has 2 heterocycles. The van der Waals surface area contributed by atoms with Crippen molar-refractivity contribution in [1.29, 1.82) is 0 Å². The molecule has 2 N–H and O–H groups in total. The van der Waals surface area contributed by atoms with Crippen molar-refractivity contribution in [1.82, 2.24) is 10.5 Å². The number of H-pyrrole nitrogens is 1. The first-order chi connectivity index (χ1) is 10.8. The van der Waals surface area contributed by atoms with Gasteiger partial charge >= 0.3 is 6.18 Å². The topological polar surface area (TPSA) is 58.0 Å². The molecule has 0 spiro atoms. The van der Waals surface area contributed by atoms with Gasteiger partial charge in [0.25, 0.3) is 5.56 Å². The lowest BCUT2D eigenvalue weighted by molar-refractivity contribution is -0.140. The number of aromatic nitrogens is 1. The molecule has 1 aliphatic heterocycles. The summed E-state index contributed by atoms with van der Waals surface area (Å²) >= 11 is 0. The quantitative estimate of drug-likeness (QED) is 0.831. The van der Waals surface area contributed by atoms with Gasteiger partial charge in [0.2, 0.25) is 0 Å². The van der Waals surface area contributed by atoms with Crippen molar-refractivity contribution in [2.24, 2.45) is 0 Å². The van der Waals surface area contributed by atoms with Crippen LogP contribution in [0.5, 0.6) is 0 Å². The molecular formula is C15H14F4N2O2. The molecule has 1 aromatic heterocycles. The van der Waals surface area contributed by atoms with Crippen LogP contribution in [0.1, 0.15) is 41.7 Å². The largest absolute Gasteiger partial charge is 0.419 e. The Morgan fingerprint density at radius 3 is 2.61 bits per heavy atom. The average molecular weight is 330 g/mol. The van der Waals surface area contributed by atoms with Crippen molar-refractivity contribution in [3.8, 4) is 0 Å². The number of rotatable bonds is 2. The van der Waals surface area contributed by atoms with E-state index in [1.807, 2.05) is 0 Å². The summed E-state index contributed by atoms with van der Waals surface area (Å²) in [6, 6.07) is 4.01. The van der Waals surface area contributed by atoms with Crippen molar-refractivity contribution >= 4 is 0 Å². The van der Waals surface area contributed by atoms with Gasteiger partial charge in [-0.3, -0.25) is 4.79 Å². The van der Waals surface area contributed by atoms with Crippen LogP contribution >= 0.6 is 0 Å². The van der Waals surface area contributed by atoms with E-state index in [2.05, 4.69) is 10.5 Å². The number of hydrogen-bond donors (Lipinski definition) is 2. The molecule has 1 fully saturated rings. The van der Waals surface area contributed by atoms with Crippen LogP contribution in [0, 0.1) is 5.82 Å². The summed E-state index contributed by atoms with van der Waals surface area (Å²) in [5, 5.41) is 5.37. The first-order valence-corrected chi connectivity index (χ1v) is 7.13. The van der Waals surface area contributed by atoms with Crippen LogP contribution in [-0.2, 0) is 6.18 Å². The number of halogens is 4. The fraction of sp³-hybridized carbons (Fsp3) is 0.400. The zero-order valence-corrected chi connectivity index (χ0v) is 11.9. The lowest BCUT2D eigenvalue weighted by Gasteiger charge is -2.29. The number of hydrogen-bond acceptors (Lipinski definition) is 3. The Morgan fingerprint density at radius 1 is 1.22 bits per heavy atom. The molecule has 0 aliphatic carbocycles. The Morgan fingerprint density at radius 2 is 2.00 bits per heavy atom. The summed E-state index contributed by atoms with van der Waals surface area (Å²) in [6.45, 7) is 0.590. The minimum absolute atomic E-state index is 0.0504. The first kappa shape index (κ1) is 15.8. The molecule has 1 aliphatic rings. The molecule has 0 bridgehead atoms. The van der Waals surface area contributed by atoms with Gasteiger partial charge in [-0.15, -0.1) is 0 Å². The highest BCUT2D eigenvalue weighted by molar-refractivity contribution is 5.29. The maximum atomic E-state index is 13.7. The number of nitrogens with one attached hydrogen (secondary N) is 2. The highest BCUT2D eigenvalue weighted by Crippen LogP contribution is 2.36. The van der Waals surface area contributed by atoms with E-state index < -0.39 is 17.6 Å². The molecule has 23 heavy (non-hydrogen) atoms. The van der Waals surface area contributed by atoms with Crippen LogP contribution < -0.4 is 10.9 Å². The van der Waals surface area contributed by atoms with Crippen LogP contribution in [0.25, 0.3) is 0 Å². The third kappa shape index (κ3) is 3.31. The lowest BCUT2D eigenvalue weighted by Crippen LogP contribution is -2.31. The third-order valence-corrected chi connectivity index (χ3v) is 4.05. The van der Waals surface area contributed by atoms with Crippen molar-refractivity contribution in [2.45, 2.75) is 31.0 Å². The molecule has 0 unspecified atom stereocenters. The fourth-order valence-corrected chi connectivity index (χ4v) is 2.91. The molecule has 2 atom stereocenters. The predicted octanol–water partition coefficient (Wildman–Crippen LogP) is 3.33. The maximum absolute atomic E-state index is 13.7. The summed E-state index contributed by atoms with van der Waals surface area (Å²) in [4.78, 5) is 11.1. The monoisotopic (exact) mass is 330 g/mol. The first-order valence-electron chi connectivity index (χ1n) is 7.13. The second kappa shape index (κ2) is 5.84. The van der Waals surface area contributed by atoms with E-state index in [1.165, 1.54) is 12.1 Å². The SMILES string of the molecule is O=c1cc([C@@H]2CCN[C@H](c3ccc(C(F)(F)F)c(F)c3)C2)o[nH]1. The highest BCUT2D eigenvalue weighted by Gasteiger charge is 2.35. The molecule has 124 valence electrons. The second-order valence-electron chi connectivity index (χ2n) is 5.58. The van der Waals surface area contributed by atoms with Gasteiger partial charge in [-0.25, -0.2) is 4.39 Å². The average Bonchev–Trinajstić information content (AvgIpc) is 2.92. The smallest absolute Gasteiger partial charge is 0.383 e. The Balaban J connectivity index is 1.81. The Labute approximate surface area is 128 Å². The standard InChI is InChI=1S/C15H14F4N2O2/c16-11-5-8(1-2-10(11)15(17,18)19)12-6-9(3-4-20-12)13-7-14(22)21-23-13/h1-2,5,7,9,12,20H,3-4,6H2,(H,21,22)/t9-,12+/m1/s1. The summed E-state index contributed by atoms with van der Waals surface area (Å²) in [5.41, 5.74) is -1.17. The van der Waals surface area contributed by atoms with Gasteiger partial charge in [0, 0.05) is 18.0 Å². The van der Waals surface area contributed by atoms with Crippen molar-refractivity contribution in [3.05, 3.63) is 57.3 Å². The van der Waals surface area contributed by atoms with Gasteiger partial charge in [0.05, 0.1) is 5.56 Å². The minimum Gasteiger partial charge on any atom is -0.383 e. The van der Waals surface area contributed by atoms with E-state index >= 15 is 0 Å². The molecule has 2 aromatic rings. The van der Waals surface area contributed by atoms with Crippen LogP contribution in [0.15, 0.2) is 33.6 Å². The Kier molecular flexibility index (Phi) is 4.01. The molecule has 1 saturated heterocycles. The molecule has 3 rings (SSSR count). The van der Waals surface area contributed by atoms with Gasteiger partial charge in [-0.05, 0) is 37.1 Å². The predicted molar refractivity (Wildman–Crippen MR) is 73.4 cm³/mol. The summed E-state index contributed by atoms with van der Waals surface area (Å²) in [6.07, 6.45) is -3.48. The summed E-state index contributed by atoms with van der Waals surface area (Å²) in [5.74, 6) is -0.827. The summed E-state index contributed by atoms with van der Waals surface area (Å²) < 4.78 is 56.6. The van der Waals surface area contributed by atoms with Gasteiger partial charge in [-0.2, -0.15) is 18.3 Å². The van der Waals surface area contributed by atoms with Gasteiger partial charge in [0.15, 0.2) is 0 Å². The number of alkyl halides is 3. The number of piperidine rings is 1. The molecule has 4 nitrogen and oxygen atoms in total. The fourth-order valence-electron chi connectivity index (χ4n) is 2.91. The lowest BCUT2D eigenvalue weighted by atomic mass is 9.87. The second-order valence-corrected chi connectivity index (χ2v) is 5.58. The van der Waals surface area contributed by atoms with E-state index in [1.54, 1.807) is 0 Å². The molecule has 0 radical (unpaired) electrons. The minimum atomic E-state index is -4.71. The highest BCUT2D eigenvalue weighted by atomic mass is 19.4. The van der Waals surface area contributed by atoms with E-state index in [0.29, 0.717) is 24.3 Å². The number of aromatic amines is 1. The van der Waals surface area contributed by atoms with Crippen LogP contribution in [-0.4, -0.2) is 11.7 Å². The maximum Gasteiger partial charge on any atom is 0.419 e. The van der Waals surface area contributed by atoms with Crippen molar-refractivity contribution in [3.63, 3.8) is 0 Å². The van der Waals surface area contributed by atoms with E-state index in [-0.39, 0.29) is 17.5 Å². The molecule has 8 heteroatoms. The van der Waals surface area contributed by atoms with Gasteiger partial charge in [0.1, 0.15) is 11.6 Å². The van der Waals surface area contributed by atoms with Gasteiger partial charge < -0.3 is 9.84 Å². The zero-order valence-electron chi connectivity index (χ0n) is 11.9. The molecule has 0 amide bonds. The van der Waals surface area contributed by atoms with Crippen molar-refractivity contribution in [2.75, 3.05) is 6.54 Å². The summed E-state index contributed by atoms with van der Waals surface area (Å²) in [7, 11) is 0. The Hall–Kier alpha value is -2.09. The number of benzene rings is 1.